The Balaban J connectivity index is 0.00000169. The minimum absolute atomic E-state index is 0. The van der Waals surface area contributed by atoms with Gasteiger partial charge in [0.05, 0.1) is 5.69 Å². The fraction of sp³-hybridized carbons (Fsp3) is 0.235. The molecule has 0 amide bonds. The first-order chi connectivity index (χ1) is 11.4. The van der Waals surface area contributed by atoms with E-state index in [9.17, 15) is 0 Å². The van der Waals surface area contributed by atoms with Crippen molar-refractivity contribution in [3.63, 3.8) is 0 Å². The van der Waals surface area contributed by atoms with E-state index >= 15 is 0 Å². The van der Waals surface area contributed by atoms with Crippen LogP contribution in [0.2, 0.25) is 0 Å². The van der Waals surface area contributed by atoms with Crippen LogP contribution in [0.1, 0.15) is 11.3 Å². The summed E-state index contributed by atoms with van der Waals surface area (Å²) in [5.74, 6) is 1.69. The van der Waals surface area contributed by atoms with E-state index in [4.69, 9.17) is 4.74 Å². The van der Waals surface area contributed by atoms with Crippen LogP contribution in [0.25, 0.3) is 10.8 Å². The molecule has 5 nitrogen and oxygen atoms in total. The van der Waals surface area contributed by atoms with Crippen LogP contribution in [0.3, 0.4) is 0 Å². The van der Waals surface area contributed by atoms with Gasteiger partial charge in [0.1, 0.15) is 11.9 Å². The molecule has 0 radical (unpaired) electrons. The van der Waals surface area contributed by atoms with Crippen LogP contribution < -0.4 is 10.1 Å². The van der Waals surface area contributed by atoms with Crippen molar-refractivity contribution in [1.29, 1.82) is 0 Å². The molecule has 1 aliphatic heterocycles. The van der Waals surface area contributed by atoms with E-state index < -0.39 is 0 Å². The largest absolute Gasteiger partial charge is 0.488 e. The van der Waals surface area contributed by atoms with Gasteiger partial charge in [-0.3, -0.25) is 0 Å². The predicted octanol–water partition coefficient (Wildman–Crippen LogP) is 3.12. The van der Waals surface area contributed by atoms with Gasteiger partial charge in [-0.1, -0.05) is 18.2 Å². The summed E-state index contributed by atoms with van der Waals surface area (Å²) in [5, 5.41) is 6.32. The van der Waals surface area contributed by atoms with Gasteiger partial charge in [-0.25, -0.2) is 15.0 Å². The Morgan fingerprint density at radius 2 is 2.00 bits per heavy atom. The van der Waals surface area contributed by atoms with Crippen LogP contribution in [-0.4, -0.2) is 27.6 Å². The average Bonchev–Trinajstić information content (AvgIpc) is 3.22. The molecule has 0 aliphatic carbocycles. The zero-order chi connectivity index (χ0) is 15.5. The lowest BCUT2D eigenvalue weighted by atomic mass is 10.1. The van der Waals surface area contributed by atoms with Gasteiger partial charge in [-0.15, -0.1) is 23.7 Å². The Hall–Kier alpha value is -2.02. The number of ether oxygens (including phenoxy) is 1. The van der Waals surface area contributed by atoms with E-state index in [0.717, 1.165) is 36.0 Å². The molecule has 0 bridgehead atoms. The molecule has 1 aromatic carbocycles. The number of benzene rings is 1. The van der Waals surface area contributed by atoms with Crippen molar-refractivity contribution in [2.75, 3.05) is 6.54 Å². The zero-order valence-electron chi connectivity index (χ0n) is 12.9. The average molecular weight is 361 g/mol. The van der Waals surface area contributed by atoms with Gasteiger partial charge in [0.25, 0.3) is 0 Å². The quantitative estimate of drug-likeness (QED) is 0.757. The number of rotatable bonds is 5. The summed E-state index contributed by atoms with van der Waals surface area (Å²) >= 11 is 1.57. The first-order valence-electron chi connectivity index (χ1n) is 7.55. The second-order valence-corrected chi connectivity index (χ2v) is 6.26. The van der Waals surface area contributed by atoms with Gasteiger partial charge in [0.2, 0.25) is 0 Å². The highest BCUT2D eigenvalue weighted by molar-refractivity contribution is 7.13. The number of fused-ring (bicyclic) bond motifs is 1. The summed E-state index contributed by atoms with van der Waals surface area (Å²) < 4.78 is 5.92. The molecule has 0 spiro atoms. The highest BCUT2D eigenvalue weighted by Gasteiger charge is 2.21. The predicted molar refractivity (Wildman–Crippen MR) is 96.7 cm³/mol. The van der Waals surface area contributed by atoms with Crippen molar-refractivity contribution >= 4 is 23.7 Å². The second kappa shape index (κ2) is 7.70. The normalized spacial score (nSPS) is 15.4. The van der Waals surface area contributed by atoms with Gasteiger partial charge in [-0.2, -0.15) is 0 Å². The fourth-order valence-corrected chi connectivity index (χ4v) is 3.39. The van der Waals surface area contributed by atoms with Crippen molar-refractivity contribution in [3.8, 4) is 16.6 Å². The summed E-state index contributed by atoms with van der Waals surface area (Å²) in [6, 6.07) is 10.0. The van der Waals surface area contributed by atoms with Crippen molar-refractivity contribution in [1.82, 2.24) is 20.3 Å². The SMILES string of the molecule is Cl.c1cnc(-c2nc(CNCC3Cc4ccccc4O3)cs2)nc1. The van der Waals surface area contributed by atoms with Crippen LogP contribution in [-0.2, 0) is 13.0 Å². The highest BCUT2D eigenvalue weighted by Crippen LogP contribution is 2.27. The molecule has 24 heavy (non-hydrogen) atoms. The Bertz CT molecular complexity index is 771. The smallest absolute Gasteiger partial charge is 0.188 e. The van der Waals surface area contributed by atoms with Crippen molar-refractivity contribution in [2.24, 2.45) is 0 Å². The van der Waals surface area contributed by atoms with Gasteiger partial charge in [-0.05, 0) is 17.7 Å². The minimum Gasteiger partial charge on any atom is -0.488 e. The molecule has 1 unspecified atom stereocenters. The number of halogens is 1. The monoisotopic (exact) mass is 360 g/mol. The van der Waals surface area contributed by atoms with Crippen molar-refractivity contribution in [3.05, 3.63) is 59.4 Å². The number of nitrogens with zero attached hydrogens (tertiary/aromatic N) is 3. The number of hydrogen-bond acceptors (Lipinski definition) is 6. The summed E-state index contributed by atoms with van der Waals surface area (Å²) in [4.78, 5) is 13.0. The molecule has 1 N–H and O–H groups in total. The first-order valence-corrected chi connectivity index (χ1v) is 8.43. The van der Waals surface area contributed by atoms with Gasteiger partial charge >= 0.3 is 0 Å². The molecule has 4 rings (SSSR count). The van der Waals surface area contributed by atoms with Crippen LogP contribution in [0.5, 0.6) is 5.75 Å². The van der Waals surface area contributed by atoms with Crippen LogP contribution in [0.15, 0.2) is 48.1 Å². The third kappa shape index (κ3) is 3.72. The van der Waals surface area contributed by atoms with E-state index in [1.807, 2.05) is 17.5 Å². The van der Waals surface area contributed by atoms with Crippen LogP contribution >= 0.6 is 23.7 Å². The standard InChI is InChI=1S/C17H16N4OS.ClH/c1-2-5-15-12(4-1)8-14(22-15)10-18-9-13-11-23-17(21-13)16-19-6-3-7-20-16;/h1-7,11,14,18H,8-10H2;1H. The number of para-hydroxylation sites is 1. The lowest BCUT2D eigenvalue weighted by Gasteiger charge is -2.10. The molecule has 124 valence electrons. The number of hydrogen-bond donors (Lipinski definition) is 1. The summed E-state index contributed by atoms with van der Waals surface area (Å²) in [5.41, 5.74) is 2.30. The summed E-state index contributed by atoms with van der Waals surface area (Å²) in [6.45, 7) is 1.53. The molecular weight excluding hydrogens is 344 g/mol. The lowest BCUT2D eigenvalue weighted by Crippen LogP contribution is -2.29. The molecule has 1 atom stereocenters. The molecule has 7 heteroatoms. The molecule has 3 aromatic rings. The molecule has 0 saturated carbocycles. The second-order valence-electron chi connectivity index (χ2n) is 5.40. The Morgan fingerprint density at radius 3 is 2.83 bits per heavy atom. The van der Waals surface area contributed by atoms with E-state index in [2.05, 4.69) is 32.4 Å². The maximum absolute atomic E-state index is 5.92. The van der Waals surface area contributed by atoms with Crippen molar-refractivity contribution in [2.45, 2.75) is 19.1 Å². The molecule has 2 aromatic heterocycles. The highest BCUT2D eigenvalue weighted by atomic mass is 35.5. The molecule has 1 aliphatic rings. The summed E-state index contributed by atoms with van der Waals surface area (Å²) in [6.07, 6.45) is 4.62. The van der Waals surface area contributed by atoms with Crippen LogP contribution in [0.4, 0.5) is 0 Å². The van der Waals surface area contributed by atoms with Gasteiger partial charge in [0, 0.05) is 37.3 Å². The maximum atomic E-state index is 5.92. The lowest BCUT2D eigenvalue weighted by molar-refractivity contribution is 0.227. The third-order valence-electron chi connectivity index (χ3n) is 3.70. The Kier molecular flexibility index (Phi) is 5.40. The topological polar surface area (TPSA) is 59.9 Å². The first kappa shape index (κ1) is 16.8. The van der Waals surface area contributed by atoms with Crippen molar-refractivity contribution < 1.29 is 4.74 Å². The Labute approximate surface area is 150 Å². The number of nitrogens with one attached hydrogen (secondary N) is 1. The molecule has 0 fully saturated rings. The van der Waals surface area contributed by atoms with E-state index in [1.165, 1.54) is 5.56 Å². The number of aromatic nitrogens is 3. The Morgan fingerprint density at radius 1 is 1.17 bits per heavy atom. The summed E-state index contributed by atoms with van der Waals surface area (Å²) in [7, 11) is 0. The van der Waals surface area contributed by atoms with Gasteiger partial charge < -0.3 is 10.1 Å². The van der Waals surface area contributed by atoms with Gasteiger partial charge in [0.15, 0.2) is 10.8 Å². The fourth-order valence-electron chi connectivity index (χ4n) is 2.63. The van der Waals surface area contributed by atoms with Crippen LogP contribution in [0, 0.1) is 0 Å². The number of thiazole rings is 1. The van der Waals surface area contributed by atoms with E-state index in [1.54, 1.807) is 29.8 Å². The molecule has 0 saturated heterocycles. The molecule has 3 heterocycles. The minimum atomic E-state index is 0. The van der Waals surface area contributed by atoms with E-state index in [-0.39, 0.29) is 18.5 Å². The maximum Gasteiger partial charge on any atom is 0.188 e. The molecular formula is C17H17ClN4OS. The van der Waals surface area contributed by atoms with E-state index in [0.29, 0.717) is 5.82 Å². The third-order valence-corrected chi connectivity index (χ3v) is 4.59. The zero-order valence-corrected chi connectivity index (χ0v) is 14.5.